The fourth-order valence-electron chi connectivity index (χ4n) is 1.31. The second-order valence-electron chi connectivity index (χ2n) is 3.47. The summed E-state index contributed by atoms with van der Waals surface area (Å²) in [5.41, 5.74) is 7.70. The summed E-state index contributed by atoms with van der Waals surface area (Å²) < 4.78 is 5.24. The molecule has 0 fully saturated rings. The van der Waals surface area contributed by atoms with Gasteiger partial charge in [-0.2, -0.15) is 0 Å². The van der Waals surface area contributed by atoms with Crippen LogP contribution in [0.2, 0.25) is 5.02 Å². The topological polar surface area (TPSA) is 35.2 Å². The van der Waals surface area contributed by atoms with Crippen LogP contribution in [0.4, 0.5) is 0 Å². The number of benzene rings is 1. The van der Waals surface area contributed by atoms with Gasteiger partial charge in [0.25, 0.3) is 0 Å². The summed E-state index contributed by atoms with van der Waals surface area (Å²) in [6.45, 7) is 4.63. The van der Waals surface area contributed by atoms with Crippen LogP contribution in [0.15, 0.2) is 12.1 Å². The molecule has 0 aliphatic rings. The molecule has 78 valence electrons. The molecule has 1 aromatic rings. The van der Waals surface area contributed by atoms with E-state index in [1.165, 1.54) is 0 Å². The molecule has 0 aromatic heterocycles. The minimum atomic E-state index is 0.307. The molecule has 0 spiro atoms. The van der Waals surface area contributed by atoms with Gasteiger partial charge in [-0.05, 0) is 37.1 Å². The van der Waals surface area contributed by atoms with Crippen LogP contribution < -0.4 is 10.5 Å². The minimum absolute atomic E-state index is 0.307. The average Bonchev–Trinajstić information content (AvgIpc) is 2.20. The van der Waals surface area contributed by atoms with E-state index in [0.29, 0.717) is 12.5 Å². The summed E-state index contributed by atoms with van der Waals surface area (Å²) in [6.07, 6.45) is 0. The van der Waals surface area contributed by atoms with Gasteiger partial charge in [0, 0.05) is 10.6 Å². The molecule has 14 heavy (non-hydrogen) atoms. The molecule has 1 atom stereocenters. The van der Waals surface area contributed by atoms with Crippen molar-refractivity contribution in [3.63, 3.8) is 0 Å². The highest BCUT2D eigenvalue weighted by atomic mass is 35.5. The van der Waals surface area contributed by atoms with E-state index >= 15 is 0 Å². The van der Waals surface area contributed by atoms with E-state index in [4.69, 9.17) is 22.1 Å². The highest BCUT2D eigenvalue weighted by Crippen LogP contribution is 2.30. The summed E-state index contributed by atoms with van der Waals surface area (Å²) in [4.78, 5) is 0. The standard InChI is InChI=1S/C11H16ClNO/c1-7(6-13)9-4-10(12)8(2)11(5-9)14-3/h4-5,7H,6,13H2,1-3H3. The lowest BCUT2D eigenvalue weighted by atomic mass is 9.99. The summed E-state index contributed by atoms with van der Waals surface area (Å²) in [5, 5.41) is 0.736. The maximum Gasteiger partial charge on any atom is 0.123 e. The van der Waals surface area contributed by atoms with Crippen molar-refractivity contribution in [1.82, 2.24) is 0 Å². The molecular weight excluding hydrogens is 198 g/mol. The first-order valence-corrected chi connectivity index (χ1v) is 5.02. The second kappa shape index (κ2) is 4.67. The summed E-state index contributed by atoms with van der Waals surface area (Å²) in [7, 11) is 1.65. The van der Waals surface area contributed by atoms with Gasteiger partial charge in [-0.15, -0.1) is 0 Å². The molecule has 0 aliphatic carbocycles. The van der Waals surface area contributed by atoms with E-state index in [1.807, 2.05) is 19.1 Å². The van der Waals surface area contributed by atoms with Crippen molar-refractivity contribution < 1.29 is 4.74 Å². The lowest BCUT2D eigenvalue weighted by Crippen LogP contribution is -2.09. The van der Waals surface area contributed by atoms with Crippen molar-refractivity contribution in [3.8, 4) is 5.75 Å². The Balaban J connectivity index is 3.16. The third kappa shape index (κ3) is 2.20. The van der Waals surface area contributed by atoms with Gasteiger partial charge >= 0.3 is 0 Å². The van der Waals surface area contributed by atoms with Crippen molar-refractivity contribution in [2.75, 3.05) is 13.7 Å². The Morgan fingerprint density at radius 1 is 1.50 bits per heavy atom. The van der Waals surface area contributed by atoms with E-state index in [2.05, 4.69) is 6.92 Å². The van der Waals surface area contributed by atoms with Gasteiger partial charge in [-0.1, -0.05) is 18.5 Å². The van der Waals surface area contributed by atoms with Crippen LogP contribution in [0.1, 0.15) is 24.0 Å². The Morgan fingerprint density at radius 3 is 2.64 bits per heavy atom. The maximum atomic E-state index is 6.08. The molecule has 0 aliphatic heterocycles. The number of halogens is 1. The van der Waals surface area contributed by atoms with E-state index in [9.17, 15) is 0 Å². The van der Waals surface area contributed by atoms with Gasteiger partial charge in [-0.25, -0.2) is 0 Å². The molecule has 0 saturated heterocycles. The average molecular weight is 214 g/mol. The molecule has 2 nitrogen and oxygen atoms in total. The van der Waals surface area contributed by atoms with E-state index in [1.54, 1.807) is 7.11 Å². The quantitative estimate of drug-likeness (QED) is 0.838. The lowest BCUT2D eigenvalue weighted by molar-refractivity contribution is 0.411. The number of hydrogen-bond donors (Lipinski definition) is 1. The molecule has 0 amide bonds. The van der Waals surface area contributed by atoms with E-state index in [-0.39, 0.29) is 0 Å². The Bertz CT molecular complexity index is 325. The predicted molar refractivity (Wildman–Crippen MR) is 60.2 cm³/mol. The summed E-state index contributed by atoms with van der Waals surface area (Å²) in [6, 6.07) is 3.95. The normalized spacial score (nSPS) is 12.6. The number of hydrogen-bond acceptors (Lipinski definition) is 2. The Kier molecular flexibility index (Phi) is 3.78. The molecule has 1 rings (SSSR count). The number of ether oxygens (including phenoxy) is 1. The van der Waals surface area contributed by atoms with Gasteiger partial charge in [0.2, 0.25) is 0 Å². The summed E-state index contributed by atoms with van der Waals surface area (Å²) in [5.74, 6) is 1.13. The molecule has 0 saturated carbocycles. The lowest BCUT2D eigenvalue weighted by Gasteiger charge is -2.13. The van der Waals surface area contributed by atoms with Gasteiger partial charge in [-0.3, -0.25) is 0 Å². The smallest absolute Gasteiger partial charge is 0.123 e. The SMILES string of the molecule is COc1cc(C(C)CN)cc(Cl)c1C. The van der Waals surface area contributed by atoms with Crippen molar-refractivity contribution in [1.29, 1.82) is 0 Å². The number of nitrogens with two attached hydrogens (primary N) is 1. The second-order valence-corrected chi connectivity index (χ2v) is 3.87. The Labute approximate surface area is 90.0 Å². The highest BCUT2D eigenvalue weighted by Gasteiger charge is 2.09. The Hall–Kier alpha value is -0.730. The van der Waals surface area contributed by atoms with Crippen LogP contribution in [-0.4, -0.2) is 13.7 Å². The fraction of sp³-hybridized carbons (Fsp3) is 0.455. The zero-order valence-electron chi connectivity index (χ0n) is 8.80. The fourth-order valence-corrected chi connectivity index (χ4v) is 1.53. The minimum Gasteiger partial charge on any atom is -0.496 e. The van der Waals surface area contributed by atoms with Crippen molar-refractivity contribution in [3.05, 3.63) is 28.3 Å². The van der Waals surface area contributed by atoms with Gasteiger partial charge in [0.15, 0.2) is 0 Å². The van der Waals surface area contributed by atoms with Gasteiger partial charge in [0.1, 0.15) is 5.75 Å². The van der Waals surface area contributed by atoms with Gasteiger partial charge < -0.3 is 10.5 Å². The van der Waals surface area contributed by atoms with E-state index in [0.717, 1.165) is 21.9 Å². The van der Waals surface area contributed by atoms with Crippen LogP contribution in [-0.2, 0) is 0 Å². The molecule has 1 aromatic carbocycles. The van der Waals surface area contributed by atoms with Crippen LogP contribution in [0.25, 0.3) is 0 Å². The van der Waals surface area contributed by atoms with Crippen molar-refractivity contribution in [2.24, 2.45) is 5.73 Å². The first-order chi connectivity index (χ1) is 6.60. The van der Waals surface area contributed by atoms with E-state index < -0.39 is 0 Å². The molecule has 3 heteroatoms. The molecule has 0 heterocycles. The predicted octanol–water partition coefficient (Wildman–Crippen LogP) is 2.72. The monoisotopic (exact) mass is 213 g/mol. The zero-order valence-corrected chi connectivity index (χ0v) is 9.56. The third-order valence-electron chi connectivity index (χ3n) is 2.46. The number of rotatable bonds is 3. The first kappa shape index (κ1) is 11.3. The molecule has 1 unspecified atom stereocenters. The summed E-state index contributed by atoms with van der Waals surface area (Å²) >= 11 is 6.08. The van der Waals surface area contributed by atoms with Crippen LogP contribution >= 0.6 is 11.6 Å². The van der Waals surface area contributed by atoms with Crippen LogP contribution in [0.5, 0.6) is 5.75 Å². The molecule has 0 radical (unpaired) electrons. The highest BCUT2D eigenvalue weighted by molar-refractivity contribution is 6.31. The largest absolute Gasteiger partial charge is 0.496 e. The van der Waals surface area contributed by atoms with Crippen LogP contribution in [0.3, 0.4) is 0 Å². The van der Waals surface area contributed by atoms with Gasteiger partial charge in [0.05, 0.1) is 7.11 Å². The zero-order chi connectivity index (χ0) is 10.7. The third-order valence-corrected chi connectivity index (χ3v) is 2.85. The van der Waals surface area contributed by atoms with Crippen molar-refractivity contribution >= 4 is 11.6 Å². The van der Waals surface area contributed by atoms with Crippen molar-refractivity contribution in [2.45, 2.75) is 19.8 Å². The molecule has 0 bridgehead atoms. The molecular formula is C11H16ClNO. The molecule has 2 N–H and O–H groups in total. The number of methoxy groups -OCH3 is 1. The Morgan fingerprint density at radius 2 is 2.14 bits per heavy atom. The maximum absolute atomic E-state index is 6.08. The van der Waals surface area contributed by atoms with Crippen LogP contribution in [0, 0.1) is 6.92 Å². The first-order valence-electron chi connectivity index (χ1n) is 4.64.